The van der Waals surface area contributed by atoms with E-state index in [0.29, 0.717) is 6.42 Å². The fourth-order valence-electron chi connectivity index (χ4n) is 2.59. The van der Waals surface area contributed by atoms with Crippen LogP contribution in [-0.4, -0.2) is 19.1 Å². The lowest BCUT2D eigenvalue weighted by Crippen LogP contribution is -2.39. The van der Waals surface area contributed by atoms with Crippen LogP contribution in [-0.2, 0) is 4.79 Å². The molecule has 0 aromatic heterocycles. The summed E-state index contributed by atoms with van der Waals surface area (Å²) in [5.74, 6) is 1.46. The number of hydrogen-bond acceptors (Lipinski definition) is 3. The maximum Gasteiger partial charge on any atom is 0.261 e. The Labute approximate surface area is 150 Å². The molecule has 2 atom stereocenters. The van der Waals surface area contributed by atoms with Crippen molar-refractivity contribution in [1.82, 2.24) is 5.32 Å². The number of rotatable bonds is 7. The van der Waals surface area contributed by atoms with Gasteiger partial charge in [-0.05, 0) is 62.1 Å². The average molecular weight is 341 g/mol. The second-order valence-electron chi connectivity index (χ2n) is 6.29. The largest absolute Gasteiger partial charge is 0.497 e. The van der Waals surface area contributed by atoms with Crippen LogP contribution in [0.15, 0.2) is 42.5 Å². The van der Waals surface area contributed by atoms with E-state index in [9.17, 15) is 4.79 Å². The SMILES string of the molecule is CC[C@H](Oc1cc(C)ccc1C)C(=O)N[C@@H](C)c1ccc(OC)cc1. The van der Waals surface area contributed by atoms with Gasteiger partial charge >= 0.3 is 0 Å². The van der Waals surface area contributed by atoms with E-state index in [2.05, 4.69) is 5.32 Å². The molecule has 2 aromatic rings. The number of carbonyl (C=O) groups is 1. The van der Waals surface area contributed by atoms with Crippen molar-refractivity contribution in [2.45, 2.75) is 46.3 Å². The van der Waals surface area contributed by atoms with Crippen molar-refractivity contribution in [3.63, 3.8) is 0 Å². The molecule has 25 heavy (non-hydrogen) atoms. The van der Waals surface area contributed by atoms with Crippen LogP contribution in [0, 0.1) is 13.8 Å². The smallest absolute Gasteiger partial charge is 0.261 e. The van der Waals surface area contributed by atoms with Crippen LogP contribution in [0.25, 0.3) is 0 Å². The van der Waals surface area contributed by atoms with Crippen molar-refractivity contribution in [3.8, 4) is 11.5 Å². The highest BCUT2D eigenvalue weighted by atomic mass is 16.5. The first-order chi connectivity index (χ1) is 11.9. The van der Waals surface area contributed by atoms with Crippen molar-refractivity contribution in [1.29, 1.82) is 0 Å². The predicted octanol–water partition coefficient (Wildman–Crippen LogP) is 4.35. The van der Waals surface area contributed by atoms with Crippen molar-refractivity contribution >= 4 is 5.91 Å². The summed E-state index contributed by atoms with van der Waals surface area (Å²) in [5.41, 5.74) is 3.17. The molecule has 4 nitrogen and oxygen atoms in total. The Kier molecular flexibility index (Phi) is 6.45. The molecule has 0 spiro atoms. The van der Waals surface area contributed by atoms with Crippen LogP contribution in [0.1, 0.15) is 43.0 Å². The van der Waals surface area contributed by atoms with E-state index in [4.69, 9.17) is 9.47 Å². The first-order valence-electron chi connectivity index (χ1n) is 8.62. The van der Waals surface area contributed by atoms with Crippen LogP contribution in [0.3, 0.4) is 0 Å². The molecule has 2 rings (SSSR count). The fourth-order valence-corrected chi connectivity index (χ4v) is 2.59. The first kappa shape index (κ1) is 18.8. The van der Waals surface area contributed by atoms with Gasteiger partial charge in [-0.2, -0.15) is 0 Å². The summed E-state index contributed by atoms with van der Waals surface area (Å²) in [6, 6.07) is 13.6. The molecule has 0 bridgehead atoms. The Hall–Kier alpha value is -2.49. The Morgan fingerprint density at radius 2 is 1.80 bits per heavy atom. The minimum atomic E-state index is -0.513. The summed E-state index contributed by atoms with van der Waals surface area (Å²) in [6.45, 7) is 7.91. The Morgan fingerprint density at radius 3 is 2.40 bits per heavy atom. The third-order valence-electron chi connectivity index (χ3n) is 4.25. The molecule has 0 radical (unpaired) electrons. The highest BCUT2D eigenvalue weighted by Crippen LogP contribution is 2.22. The number of hydrogen-bond donors (Lipinski definition) is 1. The predicted molar refractivity (Wildman–Crippen MR) is 100 cm³/mol. The summed E-state index contributed by atoms with van der Waals surface area (Å²) >= 11 is 0. The molecule has 1 amide bonds. The first-order valence-corrected chi connectivity index (χ1v) is 8.62. The van der Waals surface area contributed by atoms with Gasteiger partial charge in [0.1, 0.15) is 11.5 Å². The quantitative estimate of drug-likeness (QED) is 0.814. The maximum absolute atomic E-state index is 12.6. The van der Waals surface area contributed by atoms with Crippen LogP contribution < -0.4 is 14.8 Å². The van der Waals surface area contributed by atoms with Gasteiger partial charge in [0, 0.05) is 0 Å². The summed E-state index contributed by atoms with van der Waals surface area (Å²) in [7, 11) is 1.64. The van der Waals surface area contributed by atoms with Crippen molar-refractivity contribution in [2.75, 3.05) is 7.11 Å². The lowest BCUT2D eigenvalue weighted by atomic mass is 10.1. The van der Waals surface area contributed by atoms with E-state index < -0.39 is 6.10 Å². The zero-order valence-electron chi connectivity index (χ0n) is 15.6. The number of ether oxygens (including phenoxy) is 2. The van der Waals surface area contributed by atoms with E-state index in [1.165, 1.54) is 0 Å². The van der Waals surface area contributed by atoms with Crippen LogP contribution in [0.4, 0.5) is 0 Å². The topological polar surface area (TPSA) is 47.6 Å². The zero-order valence-corrected chi connectivity index (χ0v) is 15.6. The van der Waals surface area contributed by atoms with E-state index in [-0.39, 0.29) is 11.9 Å². The van der Waals surface area contributed by atoms with Gasteiger partial charge in [-0.15, -0.1) is 0 Å². The average Bonchev–Trinajstić information content (AvgIpc) is 2.62. The molecular weight excluding hydrogens is 314 g/mol. The Morgan fingerprint density at radius 1 is 1.12 bits per heavy atom. The second-order valence-corrected chi connectivity index (χ2v) is 6.29. The molecule has 0 unspecified atom stereocenters. The van der Waals surface area contributed by atoms with E-state index in [1.807, 2.05) is 70.2 Å². The summed E-state index contributed by atoms with van der Waals surface area (Å²) in [4.78, 5) is 12.6. The summed E-state index contributed by atoms with van der Waals surface area (Å²) < 4.78 is 11.1. The molecule has 2 aromatic carbocycles. The number of carbonyl (C=O) groups excluding carboxylic acids is 1. The molecule has 0 aliphatic rings. The highest BCUT2D eigenvalue weighted by Gasteiger charge is 2.21. The third kappa shape index (κ3) is 4.99. The third-order valence-corrected chi connectivity index (χ3v) is 4.25. The lowest BCUT2D eigenvalue weighted by Gasteiger charge is -2.22. The minimum absolute atomic E-state index is 0.102. The van der Waals surface area contributed by atoms with Gasteiger partial charge in [-0.1, -0.05) is 31.2 Å². The fraction of sp³-hybridized carbons (Fsp3) is 0.381. The molecule has 0 fully saturated rings. The normalized spacial score (nSPS) is 13.0. The zero-order chi connectivity index (χ0) is 18.4. The molecule has 0 saturated carbocycles. The molecule has 0 aliphatic heterocycles. The molecule has 0 heterocycles. The van der Waals surface area contributed by atoms with Gasteiger partial charge in [0.05, 0.1) is 13.2 Å². The monoisotopic (exact) mass is 341 g/mol. The number of nitrogens with one attached hydrogen (secondary N) is 1. The minimum Gasteiger partial charge on any atom is -0.497 e. The number of methoxy groups -OCH3 is 1. The lowest BCUT2D eigenvalue weighted by molar-refractivity contribution is -0.128. The van der Waals surface area contributed by atoms with Crippen LogP contribution in [0.5, 0.6) is 11.5 Å². The maximum atomic E-state index is 12.6. The van der Waals surface area contributed by atoms with E-state index >= 15 is 0 Å². The van der Waals surface area contributed by atoms with Crippen molar-refractivity contribution in [2.24, 2.45) is 0 Å². The summed E-state index contributed by atoms with van der Waals surface area (Å²) in [5, 5.41) is 3.03. The number of aryl methyl sites for hydroxylation is 2. The number of amides is 1. The molecule has 0 saturated heterocycles. The van der Waals surface area contributed by atoms with Crippen LogP contribution >= 0.6 is 0 Å². The Bertz CT molecular complexity index is 710. The van der Waals surface area contributed by atoms with Gasteiger partial charge in [-0.3, -0.25) is 4.79 Å². The molecule has 134 valence electrons. The van der Waals surface area contributed by atoms with Gasteiger partial charge in [0.15, 0.2) is 6.10 Å². The molecule has 4 heteroatoms. The van der Waals surface area contributed by atoms with Gasteiger partial charge < -0.3 is 14.8 Å². The molecular formula is C21H27NO3. The Balaban J connectivity index is 2.04. The van der Waals surface area contributed by atoms with Gasteiger partial charge in [-0.25, -0.2) is 0 Å². The highest BCUT2D eigenvalue weighted by molar-refractivity contribution is 5.81. The van der Waals surface area contributed by atoms with Crippen molar-refractivity contribution < 1.29 is 14.3 Å². The van der Waals surface area contributed by atoms with Crippen molar-refractivity contribution in [3.05, 3.63) is 59.2 Å². The molecule has 0 aliphatic carbocycles. The van der Waals surface area contributed by atoms with Crippen LogP contribution in [0.2, 0.25) is 0 Å². The molecule has 1 N–H and O–H groups in total. The van der Waals surface area contributed by atoms with Gasteiger partial charge in [0.25, 0.3) is 5.91 Å². The van der Waals surface area contributed by atoms with E-state index in [1.54, 1.807) is 7.11 Å². The second kappa shape index (κ2) is 8.56. The standard InChI is InChI=1S/C21H27NO3/c1-6-19(25-20-13-14(2)7-8-15(20)3)21(23)22-16(4)17-9-11-18(24-5)12-10-17/h7-13,16,19H,6H2,1-5H3,(H,22,23)/t16-,19-/m0/s1. The van der Waals surface area contributed by atoms with E-state index in [0.717, 1.165) is 28.2 Å². The number of benzene rings is 2. The van der Waals surface area contributed by atoms with Gasteiger partial charge in [0.2, 0.25) is 0 Å². The summed E-state index contributed by atoms with van der Waals surface area (Å²) in [6.07, 6.45) is 0.0929.